The van der Waals surface area contributed by atoms with Crippen LogP contribution in [0.25, 0.3) is 10.8 Å². The summed E-state index contributed by atoms with van der Waals surface area (Å²) in [4.78, 5) is -0.562. The van der Waals surface area contributed by atoms with E-state index in [0.717, 1.165) is 0 Å². The second kappa shape index (κ2) is 10.0. The lowest BCUT2D eigenvalue weighted by Crippen LogP contribution is -1.97. The fraction of sp³-hybridized carbons (Fsp3) is 0.0435. The van der Waals surface area contributed by atoms with Crippen LogP contribution in [-0.4, -0.2) is 38.2 Å². The lowest BCUT2D eigenvalue weighted by atomic mass is 10.1. The van der Waals surface area contributed by atoms with Crippen molar-refractivity contribution in [1.29, 1.82) is 0 Å². The van der Waals surface area contributed by atoms with Crippen molar-refractivity contribution in [3.05, 3.63) is 72.8 Å². The van der Waals surface area contributed by atoms with Crippen molar-refractivity contribution < 1.29 is 35.8 Å². The number of methoxy groups -OCH3 is 1. The molecular formula is C23H18N4O8S2. The lowest BCUT2D eigenvalue weighted by molar-refractivity contribution is 0.416. The molecular weight excluding hydrogens is 524 g/mol. The Labute approximate surface area is 211 Å². The van der Waals surface area contributed by atoms with Gasteiger partial charge in [-0.15, -0.1) is 10.2 Å². The van der Waals surface area contributed by atoms with Crippen LogP contribution in [0.3, 0.4) is 0 Å². The van der Waals surface area contributed by atoms with Gasteiger partial charge < -0.3 is 9.84 Å². The summed E-state index contributed by atoms with van der Waals surface area (Å²) in [5, 5.41) is 27.5. The van der Waals surface area contributed by atoms with E-state index in [2.05, 4.69) is 20.5 Å². The SMILES string of the molecule is COc1cc(/N=N/c2ccc(S(=O)(=O)O)cc2)ccc1/N=N/c1c(O)ccc2cc(S(=O)(=O)O)ccc12. The fourth-order valence-electron chi connectivity index (χ4n) is 3.26. The topological polar surface area (TPSA) is 188 Å². The molecule has 4 aromatic carbocycles. The molecule has 37 heavy (non-hydrogen) atoms. The Bertz CT molecular complexity index is 1770. The van der Waals surface area contributed by atoms with Gasteiger partial charge in [-0.1, -0.05) is 12.1 Å². The zero-order chi connectivity index (χ0) is 26.8. The average Bonchev–Trinajstić information content (AvgIpc) is 2.86. The van der Waals surface area contributed by atoms with Crippen LogP contribution in [0.2, 0.25) is 0 Å². The van der Waals surface area contributed by atoms with Gasteiger partial charge in [0.25, 0.3) is 20.2 Å². The molecule has 0 heterocycles. The van der Waals surface area contributed by atoms with E-state index in [4.69, 9.17) is 9.29 Å². The first-order valence-electron chi connectivity index (χ1n) is 10.3. The minimum absolute atomic E-state index is 0.0820. The first-order chi connectivity index (χ1) is 17.5. The van der Waals surface area contributed by atoms with Gasteiger partial charge in [-0.2, -0.15) is 27.1 Å². The molecule has 0 aliphatic carbocycles. The highest BCUT2D eigenvalue weighted by atomic mass is 32.2. The van der Waals surface area contributed by atoms with Crippen molar-refractivity contribution >= 4 is 53.8 Å². The van der Waals surface area contributed by atoms with Gasteiger partial charge in [-0.3, -0.25) is 9.11 Å². The largest absolute Gasteiger partial charge is 0.506 e. The highest BCUT2D eigenvalue weighted by Gasteiger charge is 2.14. The van der Waals surface area contributed by atoms with Gasteiger partial charge in [-0.05, 0) is 60.0 Å². The van der Waals surface area contributed by atoms with E-state index in [1.165, 1.54) is 67.8 Å². The maximum absolute atomic E-state index is 11.4. The number of phenols is 1. The van der Waals surface area contributed by atoms with E-state index >= 15 is 0 Å². The lowest BCUT2D eigenvalue weighted by Gasteiger charge is -2.07. The summed E-state index contributed by atoms with van der Waals surface area (Å²) in [6.07, 6.45) is 0. The van der Waals surface area contributed by atoms with Crippen LogP contribution in [0, 0.1) is 0 Å². The van der Waals surface area contributed by atoms with Crippen LogP contribution in [-0.2, 0) is 20.2 Å². The number of aromatic hydroxyl groups is 1. The van der Waals surface area contributed by atoms with Crippen LogP contribution in [0.4, 0.5) is 22.7 Å². The van der Waals surface area contributed by atoms with Crippen molar-refractivity contribution in [2.75, 3.05) is 7.11 Å². The van der Waals surface area contributed by atoms with Crippen molar-refractivity contribution in [1.82, 2.24) is 0 Å². The molecule has 12 nitrogen and oxygen atoms in total. The first kappa shape index (κ1) is 25.8. The molecule has 0 aliphatic rings. The maximum Gasteiger partial charge on any atom is 0.294 e. The minimum Gasteiger partial charge on any atom is -0.506 e. The Morgan fingerprint density at radius 1 is 0.676 bits per heavy atom. The zero-order valence-electron chi connectivity index (χ0n) is 18.9. The van der Waals surface area contributed by atoms with E-state index in [1.54, 1.807) is 12.1 Å². The van der Waals surface area contributed by atoms with Gasteiger partial charge in [0.2, 0.25) is 0 Å². The molecule has 190 valence electrons. The van der Waals surface area contributed by atoms with Crippen molar-refractivity contribution in [2.45, 2.75) is 9.79 Å². The molecule has 4 rings (SSSR count). The van der Waals surface area contributed by atoms with Gasteiger partial charge in [-0.25, -0.2) is 0 Å². The van der Waals surface area contributed by atoms with E-state index in [1.807, 2.05) is 0 Å². The van der Waals surface area contributed by atoms with E-state index in [9.17, 15) is 26.5 Å². The molecule has 4 aromatic rings. The predicted octanol–water partition coefficient (Wildman–Crippen LogP) is 5.88. The number of nitrogens with zero attached hydrogens (tertiary/aromatic N) is 4. The van der Waals surface area contributed by atoms with Gasteiger partial charge >= 0.3 is 0 Å². The molecule has 0 amide bonds. The van der Waals surface area contributed by atoms with Gasteiger partial charge in [0.05, 0.1) is 28.3 Å². The molecule has 14 heteroatoms. The number of fused-ring (bicyclic) bond motifs is 1. The monoisotopic (exact) mass is 542 g/mol. The quantitative estimate of drug-likeness (QED) is 0.191. The average molecular weight is 543 g/mol. The normalized spacial score (nSPS) is 12.5. The molecule has 3 N–H and O–H groups in total. The Morgan fingerprint density at radius 2 is 1.30 bits per heavy atom. The number of hydrogen-bond donors (Lipinski definition) is 3. The third kappa shape index (κ3) is 5.95. The van der Waals surface area contributed by atoms with Gasteiger partial charge in [0, 0.05) is 11.5 Å². The zero-order valence-corrected chi connectivity index (χ0v) is 20.5. The van der Waals surface area contributed by atoms with E-state index < -0.39 is 20.2 Å². The molecule has 0 unspecified atom stereocenters. The van der Waals surface area contributed by atoms with Gasteiger partial charge in [0.15, 0.2) is 0 Å². The third-order valence-corrected chi connectivity index (χ3v) is 6.79. The molecule has 0 bridgehead atoms. The van der Waals surface area contributed by atoms with Crippen LogP contribution >= 0.6 is 0 Å². The molecule has 0 fully saturated rings. The second-order valence-electron chi connectivity index (χ2n) is 7.52. The summed E-state index contributed by atoms with van der Waals surface area (Å²) in [5.74, 6) is 0.0931. The third-order valence-electron chi connectivity index (χ3n) is 5.08. The van der Waals surface area contributed by atoms with Crippen molar-refractivity contribution in [3.63, 3.8) is 0 Å². The first-order valence-corrected chi connectivity index (χ1v) is 13.2. The molecule has 0 aromatic heterocycles. The number of azo groups is 2. The number of rotatable bonds is 7. The van der Waals surface area contributed by atoms with Crippen molar-refractivity contribution in [3.8, 4) is 11.5 Å². The van der Waals surface area contributed by atoms with Crippen LogP contribution in [0.1, 0.15) is 0 Å². The standard InChI is InChI=1S/C23H18N4O8S2/c1-35-22-13-16(25-24-15-3-6-17(7-4-15)36(29,30)31)5-10-20(22)26-27-23-19-9-8-18(37(32,33)34)12-14(19)2-11-21(23)28/h2-13,28H,1H3,(H,29,30,31)(H,32,33,34)/b25-24+,27-26+. The Hall–Kier alpha value is -4.24. The minimum atomic E-state index is -4.40. The molecule has 0 saturated heterocycles. The highest BCUT2D eigenvalue weighted by molar-refractivity contribution is 7.86. The Kier molecular flexibility index (Phi) is 7.00. The summed E-state index contributed by atoms with van der Waals surface area (Å²) in [6.45, 7) is 0. The molecule has 0 radical (unpaired) electrons. The van der Waals surface area contributed by atoms with Gasteiger partial charge in [0.1, 0.15) is 22.9 Å². The number of phenolic OH excluding ortho intramolecular Hbond substituents is 1. The summed E-state index contributed by atoms with van der Waals surface area (Å²) >= 11 is 0. The number of hydrogen-bond acceptors (Lipinski definition) is 10. The smallest absolute Gasteiger partial charge is 0.294 e. The Balaban J connectivity index is 1.62. The summed E-state index contributed by atoms with van der Waals surface area (Å²) in [5.41, 5.74) is 1.11. The maximum atomic E-state index is 11.4. The van der Waals surface area contributed by atoms with Crippen LogP contribution < -0.4 is 4.74 Å². The second-order valence-corrected chi connectivity index (χ2v) is 10.4. The molecule has 0 aliphatic heterocycles. The summed E-state index contributed by atoms with van der Waals surface area (Å²) in [7, 11) is -7.29. The van der Waals surface area contributed by atoms with E-state index in [-0.39, 0.29) is 27.0 Å². The number of benzene rings is 4. The molecule has 0 saturated carbocycles. The summed E-state index contributed by atoms with van der Waals surface area (Å²) in [6, 6.07) is 16.5. The number of ether oxygens (including phenoxy) is 1. The predicted molar refractivity (Wildman–Crippen MR) is 133 cm³/mol. The molecule has 0 atom stereocenters. The van der Waals surface area contributed by atoms with Crippen LogP contribution in [0.5, 0.6) is 11.5 Å². The van der Waals surface area contributed by atoms with Crippen molar-refractivity contribution in [2.24, 2.45) is 20.5 Å². The highest BCUT2D eigenvalue weighted by Crippen LogP contribution is 2.39. The fourth-order valence-corrected chi connectivity index (χ4v) is 4.26. The van der Waals surface area contributed by atoms with E-state index in [0.29, 0.717) is 27.8 Å². The Morgan fingerprint density at radius 3 is 1.95 bits per heavy atom. The summed E-state index contributed by atoms with van der Waals surface area (Å²) < 4.78 is 68.7. The van der Waals surface area contributed by atoms with Crippen LogP contribution in [0.15, 0.2) is 103 Å². The molecule has 0 spiro atoms.